The molecule has 2 heterocycles. The molecule has 1 unspecified atom stereocenters. The molecule has 0 radical (unpaired) electrons. The molecule has 1 aromatic rings. The van der Waals surface area contributed by atoms with Crippen LogP contribution in [0.1, 0.15) is 65.0 Å². The first kappa shape index (κ1) is 33.4. The molecule has 1 aromatic heterocycles. The number of aliphatic hydroxyl groups is 1. The van der Waals surface area contributed by atoms with Gasteiger partial charge in [0.15, 0.2) is 6.04 Å². The van der Waals surface area contributed by atoms with Crippen molar-refractivity contribution in [3.05, 3.63) is 23.4 Å². The number of nitrogens with zero attached hydrogens (tertiary/aromatic N) is 3. The Morgan fingerprint density at radius 3 is 2.35 bits per heavy atom. The number of carbonyl (C=O) groups is 2. The number of nitrogens with one attached hydrogen (secondary N) is 2. The van der Waals surface area contributed by atoms with Gasteiger partial charge in [0.05, 0.1) is 21.7 Å². The highest BCUT2D eigenvalue weighted by atomic mass is 32.1. The lowest BCUT2D eigenvalue weighted by atomic mass is 10.00. The minimum Gasteiger partial charge on any atom is -0.389 e. The number of anilines is 1. The number of aliphatic imine (C=N–C) groups is 1. The molecule has 40 heavy (non-hydrogen) atoms. The van der Waals surface area contributed by atoms with Crippen LogP contribution in [-0.4, -0.2) is 80.4 Å². The quantitative estimate of drug-likeness (QED) is 0.161. The van der Waals surface area contributed by atoms with Gasteiger partial charge in [0, 0.05) is 30.9 Å². The maximum atomic E-state index is 14.1. The van der Waals surface area contributed by atoms with Crippen molar-refractivity contribution in [3.63, 3.8) is 0 Å². The Kier molecular flexibility index (Phi) is 10.7. The van der Waals surface area contributed by atoms with Crippen LogP contribution in [0.15, 0.2) is 17.3 Å². The fourth-order valence-electron chi connectivity index (χ4n) is 4.03. The summed E-state index contributed by atoms with van der Waals surface area (Å²) in [5.41, 5.74) is -3.66. The van der Waals surface area contributed by atoms with Crippen LogP contribution in [0.4, 0.5) is 32.2 Å². The Bertz CT molecular complexity index is 1130. The molecule has 1 aliphatic heterocycles. The third kappa shape index (κ3) is 8.85. The summed E-state index contributed by atoms with van der Waals surface area (Å²) < 4.78 is 81.9. The Morgan fingerprint density at radius 2 is 1.88 bits per heavy atom. The molecule has 8 nitrogen and oxygen atoms in total. The second-order valence-electron chi connectivity index (χ2n) is 10.3. The molecule has 2 amide bonds. The lowest BCUT2D eigenvalue weighted by Crippen LogP contribution is -2.45. The van der Waals surface area contributed by atoms with Crippen LogP contribution in [0, 0.1) is 0 Å². The summed E-state index contributed by atoms with van der Waals surface area (Å²) in [6.45, 7) is 7.24. The van der Waals surface area contributed by atoms with Gasteiger partial charge in [0.25, 0.3) is 11.8 Å². The topological polar surface area (TPSA) is 107 Å². The van der Waals surface area contributed by atoms with E-state index in [0.29, 0.717) is 31.6 Å². The highest BCUT2D eigenvalue weighted by molar-refractivity contribution is 7.81. The van der Waals surface area contributed by atoms with Gasteiger partial charge in [-0.05, 0) is 53.0 Å². The smallest absolute Gasteiger partial charge is 0.389 e. The van der Waals surface area contributed by atoms with Crippen molar-refractivity contribution in [2.45, 2.75) is 90.0 Å². The molecular formula is C25H33F6N5O3S. The zero-order chi connectivity index (χ0) is 30.6. The number of amides is 2. The van der Waals surface area contributed by atoms with Gasteiger partial charge in [-0.1, -0.05) is 19.1 Å². The van der Waals surface area contributed by atoms with Gasteiger partial charge in [-0.15, -0.1) is 0 Å². The molecular weight excluding hydrogens is 564 g/mol. The first-order chi connectivity index (χ1) is 18.3. The van der Waals surface area contributed by atoms with Crippen LogP contribution in [0.25, 0.3) is 0 Å². The predicted molar refractivity (Wildman–Crippen MR) is 141 cm³/mol. The normalized spacial score (nSPS) is 18.4. The number of pyridine rings is 1. The van der Waals surface area contributed by atoms with Gasteiger partial charge in [0.1, 0.15) is 11.9 Å². The number of likely N-dealkylation sites (tertiary alicyclic amines) is 1. The van der Waals surface area contributed by atoms with Crippen LogP contribution in [0.3, 0.4) is 0 Å². The van der Waals surface area contributed by atoms with Gasteiger partial charge in [-0.25, -0.2) is 4.98 Å². The van der Waals surface area contributed by atoms with E-state index in [1.54, 1.807) is 6.92 Å². The number of hydrogen-bond donors (Lipinski definition) is 3. The van der Waals surface area contributed by atoms with E-state index in [1.165, 1.54) is 32.6 Å². The van der Waals surface area contributed by atoms with Crippen molar-refractivity contribution in [1.82, 2.24) is 15.2 Å². The molecule has 1 fully saturated rings. The second kappa shape index (κ2) is 12.8. The van der Waals surface area contributed by atoms with Crippen molar-refractivity contribution in [3.8, 4) is 0 Å². The number of hydrogen-bond acceptors (Lipinski definition) is 7. The lowest BCUT2D eigenvalue weighted by Gasteiger charge is -2.27. The van der Waals surface area contributed by atoms with Crippen LogP contribution >= 0.6 is 12.2 Å². The Labute approximate surface area is 233 Å². The van der Waals surface area contributed by atoms with Crippen molar-refractivity contribution in [1.29, 1.82) is 0 Å². The van der Waals surface area contributed by atoms with Crippen LogP contribution in [-0.2, 0) is 15.8 Å². The monoisotopic (exact) mass is 597 g/mol. The highest BCUT2D eigenvalue weighted by Gasteiger charge is 2.41. The van der Waals surface area contributed by atoms with E-state index in [0.717, 1.165) is 0 Å². The molecule has 3 N–H and O–H groups in total. The largest absolute Gasteiger partial charge is 0.417 e. The molecule has 224 valence electrons. The van der Waals surface area contributed by atoms with Crippen LogP contribution in [0.5, 0.6) is 0 Å². The Hall–Kier alpha value is -2.81. The van der Waals surface area contributed by atoms with E-state index in [2.05, 4.69) is 15.3 Å². The predicted octanol–water partition coefficient (Wildman–Crippen LogP) is 4.30. The molecule has 15 heteroatoms. The molecule has 0 aliphatic carbocycles. The Morgan fingerprint density at radius 1 is 1.25 bits per heavy atom. The van der Waals surface area contributed by atoms with Crippen LogP contribution < -0.4 is 10.6 Å². The average Bonchev–Trinajstić information content (AvgIpc) is 3.27. The van der Waals surface area contributed by atoms with E-state index in [-0.39, 0.29) is 18.3 Å². The SMILES string of the molecule is CC[C@@H](Nc1cc(C(F)(F)F)c(C(=S)C(N=C(C)C(=O)NCC(C)(C)O)C(=O)N2CCC[C@@H]2C)cn1)C(F)(F)F. The van der Waals surface area contributed by atoms with Crippen molar-refractivity contribution in [2.75, 3.05) is 18.4 Å². The van der Waals surface area contributed by atoms with Crippen molar-refractivity contribution in [2.24, 2.45) is 4.99 Å². The van der Waals surface area contributed by atoms with Gasteiger partial charge >= 0.3 is 12.4 Å². The number of carbonyl (C=O) groups excluding carboxylic acids is 2. The molecule has 1 saturated heterocycles. The van der Waals surface area contributed by atoms with Gasteiger partial charge in [-0.3, -0.25) is 14.6 Å². The minimum atomic E-state index is -5.07. The Balaban J connectivity index is 2.55. The third-order valence-corrected chi connectivity index (χ3v) is 6.69. The third-order valence-electron chi connectivity index (χ3n) is 6.25. The van der Waals surface area contributed by atoms with E-state index >= 15 is 0 Å². The van der Waals surface area contributed by atoms with Gasteiger partial charge in [-0.2, -0.15) is 26.3 Å². The fraction of sp³-hybridized carbons (Fsp3) is 0.640. The van der Waals surface area contributed by atoms with Gasteiger partial charge < -0.3 is 20.6 Å². The lowest BCUT2D eigenvalue weighted by molar-refractivity contribution is -0.143. The number of thiocarbonyl (C=S) groups is 1. The van der Waals surface area contributed by atoms with Gasteiger partial charge in [0.2, 0.25) is 0 Å². The summed E-state index contributed by atoms with van der Waals surface area (Å²) in [5, 5.41) is 14.2. The standard InChI is InChI=1S/C25H33F6N5O3S/c1-6-17(25(29,30)31)35-18-10-16(24(26,27)28)15(11-32-18)20(40)19(22(38)36-9-7-8-13(36)2)34-14(3)21(37)33-12-23(4,5)39/h10-11,13,17,19,39H,6-9,12H2,1-5H3,(H,32,35)(H,33,37)/t13-,17+,19?/m0/s1. The number of halogens is 6. The van der Waals surface area contributed by atoms with Crippen LogP contribution in [0.2, 0.25) is 0 Å². The van der Waals surface area contributed by atoms with E-state index in [1.807, 2.05) is 5.32 Å². The minimum absolute atomic E-state index is 0.168. The molecule has 1 aliphatic rings. The first-order valence-corrected chi connectivity index (χ1v) is 13.0. The molecule has 2 rings (SSSR count). The number of rotatable bonds is 10. The summed E-state index contributed by atoms with van der Waals surface area (Å²) in [6.07, 6.45) is -8.31. The highest BCUT2D eigenvalue weighted by Crippen LogP contribution is 2.35. The summed E-state index contributed by atoms with van der Waals surface area (Å²) in [5.74, 6) is -2.17. The number of aromatic nitrogens is 1. The molecule has 0 spiro atoms. The van der Waals surface area contributed by atoms with Crippen molar-refractivity contribution >= 4 is 40.4 Å². The maximum absolute atomic E-state index is 14.1. The molecule has 0 saturated carbocycles. The number of alkyl halides is 6. The molecule has 0 bridgehead atoms. The van der Waals surface area contributed by atoms with E-state index in [4.69, 9.17) is 12.2 Å². The maximum Gasteiger partial charge on any atom is 0.417 e. The summed E-state index contributed by atoms with van der Waals surface area (Å²) in [7, 11) is 0. The zero-order valence-corrected chi connectivity index (χ0v) is 23.5. The first-order valence-electron chi connectivity index (χ1n) is 12.6. The summed E-state index contributed by atoms with van der Waals surface area (Å²) in [6, 6.07) is -3.71. The molecule has 0 aromatic carbocycles. The van der Waals surface area contributed by atoms with E-state index in [9.17, 15) is 41.0 Å². The zero-order valence-electron chi connectivity index (χ0n) is 22.7. The second-order valence-corrected chi connectivity index (χ2v) is 10.7. The summed E-state index contributed by atoms with van der Waals surface area (Å²) >= 11 is 5.32. The van der Waals surface area contributed by atoms with Crippen molar-refractivity contribution < 1.29 is 41.0 Å². The van der Waals surface area contributed by atoms with E-state index < -0.39 is 70.1 Å². The molecule has 3 atom stereocenters. The summed E-state index contributed by atoms with van der Waals surface area (Å²) in [4.78, 5) is 34.7. The average molecular weight is 598 g/mol. The fourth-order valence-corrected chi connectivity index (χ4v) is 4.34.